The normalized spacial score (nSPS) is 19.1. The van der Waals surface area contributed by atoms with Crippen LogP contribution in [0.15, 0.2) is 54.7 Å². The average molecular weight is 431 g/mol. The summed E-state index contributed by atoms with van der Waals surface area (Å²) in [6.45, 7) is 2.05. The molecule has 1 atom stereocenters. The topological polar surface area (TPSA) is 94.8 Å². The van der Waals surface area contributed by atoms with Gasteiger partial charge in [-0.2, -0.15) is 0 Å². The minimum Gasteiger partial charge on any atom is -0.483 e. The summed E-state index contributed by atoms with van der Waals surface area (Å²) in [6.07, 6.45) is 2.81. The lowest BCUT2D eigenvalue weighted by atomic mass is 9.97. The third-order valence-electron chi connectivity index (χ3n) is 6.28. The molecular weight excluding hydrogens is 406 g/mol. The van der Waals surface area contributed by atoms with Crippen molar-refractivity contribution >= 4 is 22.7 Å². The number of nitrogens with two attached hydrogens (primary N) is 1. The van der Waals surface area contributed by atoms with Gasteiger partial charge in [-0.3, -0.25) is 14.6 Å². The van der Waals surface area contributed by atoms with Gasteiger partial charge in [-0.05, 0) is 37.1 Å². The second kappa shape index (κ2) is 8.59. The van der Waals surface area contributed by atoms with Crippen molar-refractivity contribution in [2.75, 3.05) is 19.8 Å². The fourth-order valence-corrected chi connectivity index (χ4v) is 4.55. The highest BCUT2D eigenvalue weighted by Crippen LogP contribution is 2.35. The summed E-state index contributed by atoms with van der Waals surface area (Å²) in [5, 5.41) is 0.980. The zero-order valence-electron chi connectivity index (χ0n) is 17.7. The van der Waals surface area contributed by atoms with E-state index in [1.165, 1.54) is 0 Å². The molecule has 7 nitrogen and oxygen atoms in total. The Morgan fingerprint density at radius 3 is 2.72 bits per heavy atom. The Morgan fingerprint density at radius 2 is 1.91 bits per heavy atom. The third kappa shape index (κ3) is 3.91. The highest BCUT2D eigenvalue weighted by atomic mass is 16.5. The largest absolute Gasteiger partial charge is 0.483 e. The lowest BCUT2D eigenvalue weighted by Gasteiger charge is -2.30. The number of rotatable bonds is 3. The number of carbonyl (C=O) groups is 2. The van der Waals surface area contributed by atoms with Gasteiger partial charge in [0.1, 0.15) is 11.9 Å². The zero-order valence-corrected chi connectivity index (χ0v) is 17.7. The van der Waals surface area contributed by atoms with Crippen LogP contribution in [0.5, 0.6) is 5.75 Å². The van der Waals surface area contributed by atoms with Crippen molar-refractivity contribution in [3.05, 3.63) is 71.4 Å². The van der Waals surface area contributed by atoms with E-state index in [2.05, 4.69) is 4.98 Å². The van der Waals surface area contributed by atoms with Crippen LogP contribution < -0.4 is 10.5 Å². The van der Waals surface area contributed by atoms with Gasteiger partial charge in [-0.25, -0.2) is 0 Å². The molecule has 5 rings (SSSR count). The van der Waals surface area contributed by atoms with Crippen LogP contribution in [0, 0.1) is 5.92 Å². The minimum atomic E-state index is -0.512. The van der Waals surface area contributed by atoms with Crippen LogP contribution in [-0.4, -0.2) is 41.5 Å². The van der Waals surface area contributed by atoms with E-state index in [0.29, 0.717) is 37.6 Å². The molecule has 2 aliphatic heterocycles. The number of primary amides is 1. The number of benzene rings is 2. The number of pyridine rings is 1. The summed E-state index contributed by atoms with van der Waals surface area (Å²) < 4.78 is 11.9. The van der Waals surface area contributed by atoms with Crippen LogP contribution in [0.25, 0.3) is 10.9 Å². The summed E-state index contributed by atoms with van der Waals surface area (Å²) in [5.74, 6) is 0.133. The highest BCUT2D eigenvalue weighted by Gasteiger charge is 2.32. The van der Waals surface area contributed by atoms with Gasteiger partial charge in [0, 0.05) is 53.9 Å². The maximum atomic E-state index is 13.5. The first-order chi connectivity index (χ1) is 15.6. The zero-order chi connectivity index (χ0) is 22.1. The molecular formula is C25H25N3O4. The van der Waals surface area contributed by atoms with Crippen LogP contribution in [0.4, 0.5) is 0 Å². The van der Waals surface area contributed by atoms with Crippen molar-refractivity contribution in [2.45, 2.75) is 25.5 Å². The second-order valence-electron chi connectivity index (χ2n) is 8.32. The summed E-state index contributed by atoms with van der Waals surface area (Å²) in [5.41, 5.74) is 8.56. The van der Waals surface area contributed by atoms with Crippen LogP contribution >= 0.6 is 0 Å². The number of fused-ring (bicyclic) bond motifs is 2. The summed E-state index contributed by atoms with van der Waals surface area (Å²) in [6, 6.07) is 15.0. The smallest absolute Gasteiger partial charge is 0.248 e. The van der Waals surface area contributed by atoms with E-state index in [-0.39, 0.29) is 11.8 Å². The average Bonchev–Trinajstić information content (AvgIpc) is 3.03. The maximum absolute atomic E-state index is 13.5. The van der Waals surface area contributed by atoms with Gasteiger partial charge in [0.2, 0.25) is 11.8 Å². The molecule has 2 aromatic carbocycles. The molecule has 2 aliphatic rings. The maximum Gasteiger partial charge on any atom is 0.248 e. The SMILES string of the molecule is NC(=O)c1ccc2c(c1)OC(c1cccc3ncccc13)CN(C(=O)C1CCOCC1)C2. The Labute approximate surface area is 186 Å². The molecule has 1 fully saturated rings. The Morgan fingerprint density at radius 1 is 1.06 bits per heavy atom. The molecule has 3 heterocycles. The Bertz CT molecular complexity index is 1170. The van der Waals surface area contributed by atoms with Gasteiger partial charge in [0.25, 0.3) is 0 Å². The van der Waals surface area contributed by atoms with Crippen LogP contribution in [0.1, 0.15) is 40.4 Å². The van der Waals surface area contributed by atoms with Gasteiger partial charge in [0.15, 0.2) is 0 Å². The highest BCUT2D eigenvalue weighted by molar-refractivity contribution is 5.93. The molecule has 164 valence electrons. The van der Waals surface area contributed by atoms with Crippen molar-refractivity contribution < 1.29 is 19.1 Å². The Kier molecular flexibility index (Phi) is 5.49. The molecule has 32 heavy (non-hydrogen) atoms. The molecule has 3 aromatic rings. The molecule has 0 spiro atoms. The molecule has 0 saturated carbocycles. The Hall–Kier alpha value is -3.45. The quantitative estimate of drug-likeness (QED) is 0.687. The van der Waals surface area contributed by atoms with Crippen LogP contribution in [0.2, 0.25) is 0 Å². The van der Waals surface area contributed by atoms with E-state index < -0.39 is 12.0 Å². The van der Waals surface area contributed by atoms with Gasteiger partial charge < -0.3 is 20.1 Å². The molecule has 1 aromatic heterocycles. The summed E-state index contributed by atoms with van der Waals surface area (Å²) in [7, 11) is 0. The predicted molar refractivity (Wildman–Crippen MR) is 119 cm³/mol. The minimum absolute atomic E-state index is 0.0509. The predicted octanol–water partition coefficient (Wildman–Crippen LogP) is 3.22. The van der Waals surface area contributed by atoms with Crippen molar-refractivity contribution in [3.8, 4) is 5.75 Å². The number of hydrogen-bond acceptors (Lipinski definition) is 5. The number of ether oxygens (including phenoxy) is 2. The molecule has 1 unspecified atom stereocenters. The van der Waals surface area contributed by atoms with Crippen molar-refractivity contribution in [1.82, 2.24) is 9.88 Å². The van der Waals surface area contributed by atoms with Crippen molar-refractivity contribution in [1.29, 1.82) is 0 Å². The second-order valence-corrected chi connectivity index (χ2v) is 8.32. The summed E-state index contributed by atoms with van der Waals surface area (Å²) in [4.78, 5) is 31.6. The number of amides is 2. The summed E-state index contributed by atoms with van der Waals surface area (Å²) >= 11 is 0. The van der Waals surface area contributed by atoms with E-state index in [4.69, 9.17) is 15.2 Å². The van der Waals surface area contributed by atoms with E-state index in [0.717, 1.165) is 34.9 Å². The van der Waals surface area contributed by atoms with E-state index in [1.54, 1.807) is 18.3 Å². The van der Waals surface area contributed by atoms with Crippen LogP contribution in [0.3, 0.4) is 0 Å². The standard InChI is InChI=1S/C25H25N3O4/c26-24(29)17-6-7-18-14-28(25(30)16-8-11-31-12-9-16)15-23(32-22(18)13-17)20-3-1-5-21-19(20)4-2-10-27-21/h1-7,10,13,16,23H,8-9,11-12,14-15H2,(H2,26,29). The van der Waals surface area contributed by atoms with E-state index in [1.807, 2.05) is 41.3 Å². The monoisotopic (exact) mass is 431 g/mol. The first-order valence-corrected chi connectivity index (χ1v) is 10.9. The molecule has 0 radical (unpaired) electrons. The number of carbonyl (C=O) groups excluding carboxylic acids is 2. The number of aromatic nitrogens is 1. The van der Waals surface area contributed by atoms with Crippen molar-refractivity contribution in [3.63, 3.8) is 0 Å². The first-order valence-electron chi connectivity index (χ1n) is 10.9. The fraction of sp³-hybridized carbons (Fsp3) is 0.320. The lowest BCUT2D eigenvalue weighted by Crippen LogP contribution is -2.40. The fourth-order valence-electron chi connectivity index (χ4n) is 4.55. The molecule has 7 heteroatoms. The van der Waals surface area contributed by atoms with E-state index in [9.17, 15) is 9.59 Å². The van der Waals surface area contributed by atoms with Gasteiger partial charge in [-0.1, -0.05) is 24.3 Å². The molecule has 0 bridgehead atoms. The molecule has 1 saturated heterocycles. The first kappa shape index (κ1) is 20.5. The van der Waals surface area contributed by atoms with Crippen LogP contribution in [-0.2, 0) is 16.1 Å². The van der Waals surface area contributed by atoms with E-state index >= 15 is 0 Å². The molecule has 2 amide bonds. The number of hydrogen-bond donors (Lipinski definition) is 1. The van der Waals surface area contributed by atoms with Gasteiger partial charge in [-0.15, -0.1) is 0 Å². The molecule has 0 aliphatic carbocycles. The molecule has 2 N–H and O–H groups in total. The van der Waals surface area contributed by atoms with Gasteiger partial charge >= 0.3 is 0 Å². The van der Waals surface area contributed by atoms with Gasteiger partial charge in [0.05, 0.1) is 12.1 Å². The Balaban J connectivity index is 1.57. The third-order valence-corrected chi connectivity index (χ3v) is 6.28. The number of nitrogens with zero attached hydrogens (tertiary/aromatic N) is 2. The lowest BCUT2D eigenvalue weighted by molar-refractivity contribution is -0.140. The van der Waals surface area contributed by atoms with Crippen molar-refractivity contribution in [2.24, 2.45) is 11.7 Å².